The van der Waals surface area contributed by atoms with E-state index in [1.807, 2.05) is 18.2 Å². The lowest BCUT2D eigenvalue weighted by molar-refractivity contribution is -0.143. The molecule has 0 spiro atoms. The lowest BCUT2D eigenvalue weighted by Gasteiger charge is -2.33. The van der Waals surface area contributed by atoms with Gasteiger partial charge in [0.1, 0.15) is 48.0 Å². The van der Waals surface area contributed by atoms with E-state index in [4.69, 9.17) is 5.73 Å². The average Bonchev–Trinajstić information content (AvgIpc) is 1.78. The number of carboxylic acids is 4. The van der Waals surface area contributed by atoms with Gasteiger partial charge in [-0.05, 0) is 99.1 Å². The first-order valence-corrected chi connectivity index (χ1v) is 34.9. The van der Waals surface area contributed by atoms with Crippen molar-refractivity contribution < 1.29 is 88.2 Å². The van der Waals surface area contributed by atoms with Crippen molar-refractivity contribution >= 4 is 93.8 Å². The van der Waals surface area contributed by atoms with Crippen LogP contribution in [0, 0.1) is 0 Å². The number of nitrogens with two attached hydrogens (primary N) is 1. The Balaban J connectivity index is 1.17. The molecule has 6 rings (SSSR count). The number of likely N-dealkylation sites (N-methyl/N-ethyl adjacent to an activating group) is 1. The van der Waals surface area contributed by atoms with Crippen molar-refractivity contribution in [1.29, 1.82) is 0 Å². The second kappa shape index (κ2) is 41.5. The molecule has 0 saturated carbocycles. The summed E-state index contributed by atoms with van der Waals surface area (Å²) in [5.41, 5.74) is 8.23. The fourth-order valence-corrected chi connectivity index (χ4v) is 12.7. The third-order valence-corrected chi connectivity index (χ3v) is 18.4. The number of para-hydroxylation sites is 1. The maximum absolute atomic E-state index is 15.1. The zero-order valence-electron chi connectivity index (χ0n) is 56.9. The quantitative estimate of drug-likeness (QED) is 0.0246. The lowest BCUT2D eigenvalue weighted by Crippen LogP contribution is -2.63. The molecule has 8 amide bonds. The van der Waals surface area contributed by atoms with Crippen molar-refractivity contribution in [3.8, 4) is 5.75 Å². The van der Waals surface area contributed by atoms with E-state index in [9.17, 15) is 73.8 Å². The maximum atomic E-state index is 15.1. The Bertz CT molecular complexity index is 3410. The summed E-state index contributed by atoms with van der Waals surface area (Å²) in [4.78, 5) is 174. The third kappa shape index (κ3) is 27.7. The van der Waals surface area contributed by atoms with Crippen LogP contribution in [0.1, 0.15) is 68.6 Å². The monoisotopic (exact) mass is 1430 g/mol. The number of fused-ring (bicyclic) bond motifs is 1. The molecule has 4 aromatic rings. The van der Waals surface area contributed by atoms with E-state index in [0.29, 0.717) is 29.5 Å². The fraction of sp³-hybridized carbons (Fsp3) is 0.529. The zero-order valence-corrected chi connectivity index (χ0v) is 57.7. The Morgan fingerprint density at radius 3 is 1.66 bits per heavy atom. The molecule has 0 radical (unpaired) electrons. The van der Waals surface area contributed by atoms with Crippen LogP contribution in [0.4, 0.5) is 0 Å². The van der Waals surface area contributed by atoms with E-state index >= 15 is 14.4 Å². The number of aromatic nitrogens is 1. The number of carbonyl (C=O) groups is 12. The Labute approximate surface area is 589 Å². The number of thioether (sulfide) groups is 1. The summed E-state index contributed by atoms with van der Waals surface area (Å²) in [5, 5.41) is 79.9. The molecular formula is C68H96N14O18S. The number of aromatic hydroxyl groups is 1. The van der Waals surface area contributed by atoms with Crippen LogP contribution < -0.4 is 43.0 Å². The summed E-state index contributed by atoms with van der Waals surface area (Å²) < 4.78 is 0. The fourth-order valence-electron chi connectivity index (χ4n) is 11.8. The van der Waals surface area contributed by atoms with Crippen LogP contribution in [0.5, 0.6) is 5.75 Å². The number of benzene rings is 3. The number of hydrogen-bond donors (Lipinski definition) is 15. The van der Waals surface area contributed by atoms with E-state index in [1.165, 1.54) is 38.2 Å². The first-order valence-electron chi connectivity index (χ1n) is 33.7. The van der Waals surface area contributed by atoms with E-state index in [0.717, 1.165) is 27.6 Å². The van der Waals surface area contributed by atoms with Gasteiger partial charge in [-0.2, -0.15) is 11.8 Å². The highest BCUT2D eigenvalue weighted by atomic mass is 32.2. The molecule has 2 aliphatic heterocycles. The molecule has 2 fully saturated rings. The number of carboxylic acid groups (broad SMARTS) is 4. The topological polar surface area (TPSA) is 468 Å². The zero-order chi connectivity index (χ0) is 73.5. The smallest absolute Gasteiger partial charge is 0.326 e. The summed E-state index contributed by atoms with van der Waals surface area (Å²) in [5.74, 6) is -11.0. The highest BCUT2D eigenvalue weighted by Gasteiger charge is 2.39. The van der Waals surface area contributed by atoms with E-state index in [1.54, 1.807) is 62.2 Å². The van der Waals surface area contributed by atoms with Gasteiger partial charge in [-0.25, -0.2) is 4.79 Å². The molecule has 33 heteroatoms. The third-order valence-electron chi connectivity index (χ3n) is 17.4. The van der Waals surface area contributed by atoms with Crippen LogP contribution in [0.15, 0.2) is 85.1 Å². The molecule has 16 N–H and O–H groups in total. The number of aliphatic hydroxyl groups is 1. The minimum atomic E-state index is -1.68. The number of phenolic OH excluding ortho intramolecular Hbond substituents is 1. The van der Waals surface area contributed by atoms with Crippen molar-refractivity contribution in [2.75, 3.05) is 110 Å². The standard InChI is InChI=1S/C68H96N14O18S/c1-43(83)61-66(97)76-54(35-44-12-4-3-5-13-44)67(98)78(2)55(65(96)75-52(34-45-18-20-47(84)21-19-45)63(94)74-53(36-46-37-71-49-15-7-6-14-48(46)49)64(95)73-50(62(93)77-61)16-8-10-23-69)22-33-101-42-57(86)70-24-11-9-17-51(68(99)100)72-56(85)38-79-25-27-80(39-58(87)88)29-31-82(41-60(91)92)32-30-81(28-26-79)40-59(89)90/h3-7,12-15,18-21,37,43,50-55,61,71,83-84H,8-11,16-17,22-36,38-42,69H2,1-2H3,(H,70,86)(H,72,85)(H,73,95)(H,74,94)(H,75,96)(H,76,97)(H,77,93)(H,87,88)(H,89,90)(H,91,92)(H,99,100)/t43-,50+,51-,52+,53-,54+,55+,61+/m1/s1. The van der Waals surface area contributed by atoms with Gasteiger partial charge in [-0.1, -0.05) is 60.7 Å². The van der Waals surface area contributed by atoms with Crippen molar-refractivity contribution in [2.45, 2.75) is 120 Å². The van der Waals surface area contributed by atoms with Crippen LogP contribution >= 0.6 is 11.8 Å². The van der Waals surface area contributed by atoms with Gasteiger partial charge in [0.25, 0.3) is 0 Å². The summed E-state index contributed by atoms with van der Waals surface area (Å²) >= 11 is 1.10. The summed E-state index contributed by atoms with van der Waals surface area (Å²) in [7, 11) is 1.34. The van der Waals surface area contributed by atoms with Gasteiger partial charge in [0.05, 0.1) is 38.0 Å². The number of aliphatic carboxylic acids is 4. The van der Waals surface area contributed by atoms with Crippen molar-refractivity contribution in [1.82, 2.24) is 66.7 Å². The first kappa shape index (κ1) is 80.7. The number of amides is 8. The molecule has 0 aliphatic carbocycles. The molecule has 2 aliphatic rings. The van der Waals surface area contributed by atoms with Crippen LogP contribution in [-0.4, -0.2) is 290 Å². The van der Waals surface area contributed by atoms with Gasteiger partial charge in [0, 0.05) is 102 Å². The number of aromatic amines is 1. The highest BCUT2D eigenvalue weighted by Crippen LogP contribution is 2.22. The lowest BCUT2D eigenvalue weighted by atomic mass is 10.00. The van der Waals surface area contributed by atoms with Crippen molar-refractivity contribution in [3.63, 3.8) is 0 Å². The van der Waals surface area contributed by atoms with Crippen molar-refractivity contribution in [3.05, 3.63) is 102 Å². The molecule has 2 saturated heterocycles. The molecule has 32 nitrogen and oxygen atoms in total. The van der Waals surface area contributed by atoms with Gasteiger partial charge in [-0.15, -0.1) is 0 Å². The molecule has 0 bridgehead atoms. The predicted molar refractivity (Wildman–Crippen MR) is 372 cm³/mol. The summed E-state index contributed by atoms with van der Waals surface area (Å²) in [6.07, 6.45) is 0.828. The Morgan fingerprint density at radius 1 is 0.574 bits per heavy atom. The predicted octanol–water partition coefficient (Wildman–Crippen LogP) is -1.87. The first-order chi connectivity index (χ1) is 48.3. The number of nitrogens with one attached hydrogen (secondary N) is 8. The van der Waals surface area contributed by atoms with Gasteiger partial charge in [0.15, 0.2) is 0 Å². The number of H-pyrrole nitrogens is 1. The SMILES string of the molecule is C[C@@H](O)[C@@H]1NC(=O)[C@H](CCCCN)NC(=O)[C@@H](Cc2c[nH]c3ccccc23)NC(=O)[C@H](Cc2ccc(O)cc2)NC(=O)[C@H](CCSCC(=O)NCCCC[C@@H](NC(=O)CN2CCN(CC(=O)O)CCN(CC(=O)O)CCN(CC(=O)O)CC2)C(=O)O)N(C)C(=O)[C@H](Cc2ccccc2)NC1=O. The second-order valence-corrected chi connectivity index (χ2v) is 26.4. The van der Waals surface area contributed by atoms with Gasteiger partial charge in [0.2, 0.25) is 47.3 Å². The number of hydrogen-bond acceptors (Lipinski definition) is 20. The van der Waals surface area contributed by atoms with Crippen LogP contribution in [0.25, 0.3) is 10.9 Å². The van der Waals surface area contributed by atoms with Crippen LogP contribution in [0.3, 0.4) is 0 Å². The molecule has 3 aromatic carbocycles. The maximum Gasteiger partial charge on any atom is 0.326 e. The molecule has 8 atom stereocenters. The normalized spacial score (nSPS) is 21.0. The second-order valence-electron chi connectivity index (χ2n) is 25.3. The molecule has 552 valence electrons. The van der Waals surface area contributed by atoms with E-state index < -0.39 is 120 Å². The molecule has 0 unspecified atom stereocenters. The number of nitrogens with zero attached hydrogens (tertiary/aromatic N) is 5. The minimum Gasteiger partial charge on any atom is -0.508 e. The van der Waals surface area contributed by atoms with Gasteiger partial charge >= 0.3 is 23.9 Å². The molecular weight excluding hydrogens is 1330 g/mol. The Morgan fingerprint density at radius 2 is 1.09 bits per heavy atom. The highest BCUT2D eigenvalue weighted by molar-refractivity contribution is 7.99. The number of carbonyl (C=O) groups excluding carboxylic acids is 8. The van der Waals surface area contributed by atoms with E-state index in [2.05, 4.69) is 42.2 Å². The largest absolute Gasteiger partial charge is 0.508 e. The van der Waals surface area contributed by atoms with Gasteiger partial charge < -0.3 is 83.5 Å². The average molecular weight is 1430 g/mol. The molecule has 3 heterocycles. The minimum absolute atomic E-state index is 0.0249. The number of rotatable bonds is 31. The molecule has 1 aromatic heterocycles. The Hall–Kier alpha value is -9.25. The Kier molecular flexibility index (Phi) is 33.2. The number of phenols is 1. The number of aliphatic hydroxyl groups excluding tert-OH is 1. The van der Waals surface area contributed by atoms with Crippen LogP contribution in [0.2, 0.25) is 0 Å². The van der Waals surface area contributed by atoms with Crippen molar-refractivity contribution in [2.24, 2.45) is 5.73 Å². The van der Waals surface area contributed by atoms with Crippen LogP contribution in [-0.2, 0) is 76.8 Å². The number of unbranched alkanes of at least 4 members (excludes halogenated alkanes) is 2. The van der Waals surface area contributed by atoms with E-state index in [-0.39, 0.29) is 160 Å². The summed E-state index contributed by atoms with van der Waals surface area (Å²) in [6, 6.07) is 11.6. The summed E-state index contributed by atoms with van der Waals surface area (Å²) in [6.45, 7) is 1.43. The van der Waals surface area contributed by atoms with Gasteiger partial charge in [-0.3, -0.25) is 72.3 Å². The molecule has 101 heavy (non-hydrogen) atoms.